The molecule has 0 spiro atoms. The fraction of sp³-hybridized carbons (Fsp3) is 0.656. The summed E-state index contributed by atoms with van der Waals surface area (Å²) < 4.78 is 1.70. The van der Waals surface area contributed by atoms with Crippen LogP contribution in [0.3, 0.4) is 0 Å². The van der Waals surface area contributed by atoms with Crippen molar-refractivity contribution in [2.75, 3.05) is 18.4 Å². The van der Waals surface area contributed by atoms with Gasteiger partial charge >= 0.3 is 0 Å². The molecule has 1 saturated heterocycles. The van der Waals surface area contributed by atoms with E-state index in [1.165, 1.54) is 6.92 Å². The molecule has 2 N–H and O–H groups in total. The average molecular weight is 564 g/mol. The van der Waals surface area contributed by atoms with Gasteiger partial charge in [-0.25, -0.2) is 0 Å². The van der Waals surface area contributed by atoms with E-state index in [4.69, 9.17) is 5.10 Å². The number of anilines is 1. The van der Waals surface area contributed by atoms with Gasteiger partial charge in [0.15, 0.2) is 11.6 Å². The zero-order valence-corrected chi connectivity index (χ0v) is 25.2. The number of hydrogen-bond acceptors (Lipinski definition) is 6. The highest BCUT2D eigenvalue weighted by Crippen LogP contribution is 2.59. The minimum absolute atomic E-state index is 0.0288. The van der Waals surface area contributed by atoms with E-state index in [2.05, 4.69) is 37.5 Å². The summed E-state index contributed by atoms with van der Waals surface area (Å²) in [5.74, 6) is 0.530. The van der Waals surface area contributed by atoms with Gasteiger partial charge in [-0.05, 0) is 55.2 Å². The number of rotatable bonds is 6. The summed E-state index contributed by atoms with van der Waals surface area (Å²) in [5.41, 5.74) is 2.96. The van der Waals surface area contributed by atoms with Crippen LogP contribution in [0.1, 0.15) is 95.6 Å². The number of piperidine rings is 1. The summed E-state index contributed by atoms with van der Waals surface area (Å²) in [6, 6.07) is 3.57. The molecule has 5 rings (SSSR count). The maximum absolute atomic E-state index is 14.0. The average Bonchev–Trinajstić information content (AvgIpc) is 3.33. The molecular weight excluding hydrogens is 518 g/mol. The van der Waals surface area contributed by atoms with Crippen molar-refractivity contribution in [2.45, 2.75) is 105 Å². The second kappa shape index (κ2) is 11.6. The third-order valence-corrected chi connectivity index (χ3v) is 9.25. The quantitative estimate of drug-likeness (QED) is 0.500. The summed E-state index contributed by atoms with van der Waals surface area (Å²) in [6.45, 7) is 11.1. The fourth-order valence-electron chi connectivity index (χ4n) is 6.93. The zero-order valence-electron chi connectivity index (χ0n) is 25.2. The minimum Gasteiger partial charge on any atom is -0.385 e. The second-order valence-electron chi connectivity index (χ2n) is 13.1. The Bertz CT molecular complexity index is 1360. The van der Waals surface area contributed by atoms with Crippen molar-refractivity contribution in [3.63, 3.8) is 0 Å². The van der Waals surface area contributed by atoms with Crippen LogP contribution >= 0.6 is 0 Å². The Morgan fingerprint density at radius 3 is 2.68 bits per heavy atom. The highest BCUT2D eigenvalue weighted by atomic mass is 16.2. The largest absolute Gasteiger partial charge is 0.385 e. The van der Waals surface area contributed by atoms with E-state index in [1.54, 1.807) is 9.58 Å². The summed E-state index contributed by atoms with van der Waals surface area (Å²) in [5, 5.41) is 12.1. The van der Waals surface area contributed by atoms with Crippen LogP contribution in [-0.4, -0.2) is 63.2 Å². The first kappa shape index (κ1) is 29.3. The van der Waals surface area contributed by atoms with Gasteiger partial charge in [0.1, 0.15) is 12.2 Å². The molecule has 0 unspecified atom stereocenters. The van der Waals surface area contributed by atoms with Gasteiger partial charge in [0.2, 0.25) is 11.8 Å². The molecule has 3 heterocycles. The molecular formula is C32H45N5O4. The first-order chi connectivity index (χ1) is 19.5. The van der Waals surface area contributed by atoms with E-state index >= 15 is 0 Å². The molecule has 3 aliphatic rings. The van der Waals surface area contributed by atoms with Gasteiger partial charge in [-0.15, -0.1) is 0 Å². The van der Waals surface area contributed by atoms with Gasteiger partial charge in [-0.3, -0.25) is 23.9 Å². The lowest BCUT2D eigenvalue weighted by Crippen LogP contribution is -2.44. The van der Waals surface area contributed by atoms with Crippen LogP contribution in [0.15, 0.2) is 12.1 Å². The van der Waals surface area contributed by atoms with Crippen LogP contribution in [0.4, 0.5) is 5.69 Å². The van der Waals surface area contributed by atoms with Crippen LogP contribution in [0.5, 0.6) is 0 Å². The highest BCUT2D eigenvalue weighted by Gasteiger charge is 2.66. The summed E-state index contributed by atoms with van der Waals surface area (Å²) in [4.78, 5) is 54.3. The molecule has 0 radical (unpaired) electrons. The summed E-state index contributed by atoms with van der Waals surface area (Å²) in [7, 11) is 0. The Balaban J connectivity index is 1.57. The van der Waals surface area contributed by atoms with Gasteiger partial charge in [0.25, 0.3) is 0 Å². The molecule has 1 saturated carbocycles. The van der Waals surface area contributed by atoms with Crippen molar-refractivity contribution in [3.05, 3.63) is 23.4 Å². The third-order valence-electron chi connectivity index (χ3n) is 9.25. The normalized spacial score (nSPS) is 27.0. The van der Waals surface area contributed by atoms with Gasteiger partial charge in [-0.1, -0.05) is 40.5 Å². The van der Waals surface area contributed by atoms with E-state index in [0.29, 0.717) is 37.4 Å². The lowest BCUT2D eigenvalue weighted by atomic mass is 9.95. The SMILES string of the molecule is CCC(=O)[C@@H]1C[C@]23CNC(=O)C[C@H](C)CCCCc4cc(NCC(C)C)cc5c(C(C)=O)nn(c45)CC(=O)N1[C@@H]2C3. The molecule has 222 valence electrons. The molecule has 1 aromatic heterocycles. The van der Waals surface area contributed by atoms with E-state index in [9.17, 15) is 19.2 Å². The second-order valence-corrected chi connectivity index (χ2v) is 13.1. The lowest BCUT2D eigenvalue weighted by Gasteiger charge is -2.26. The van der Waals surface area contributed by atoms with Crippen molar-refractivity contribution in [1.29, 1.82) is 0 Å². The van der Waals surface area contributed by atoms with Gasteiger partial charge in [0.05, 0.1) is 11.6 Å². The van der Waals surface area contributed by atoms with Gasteiger partial charge < -0.3 is 15.5 Å². The first-order valence-electron chi connectivity index (χ1n) is 15.4. The third kappa shape index (κ3) is 5.90. The molecule has 2 bridgehead atoms. The number of Topliss-reactive ketones (excluding diaryl/α,β-unsaturated/α-hetero) is 2. The monoisotopic (exact) mass is 563 g/mol. The molecule has 1 aliphatic carbocycles. The Morgan fingerprint density at radius 2 is 1.98 bits per heavy atom. The number of nitrogens with zero attached hydrogens (tertiary/aromatic N) is 3. The van der Waals surface area contributed by atoms with Crippen LogP contribution < -0.4 is 10.6 Å². The zero-order chi connectivity index (χ0) is 29.5. The number of nitrogens with one attached hydrogen (secondary N) is 2. The van der Waals surface area contributed by atoms with Crippen molar-refractivity contribution in [1.82, 2.24) is 20.0 Å². The predicted molar refractivity (Wildman–Crippen MR) is 159 cm³/mol. The standard InChI is InChI=1S/C32H45N5O4/c1-6-26(39)25-14-32-15-27(32)37(25)29(41)17-36-31-22(10-8-7-9-20(4)11-28(40)34-18-32)12-23(33-16-19(2)3)13-24(31)30(35-36)21(5)38/h12-13,19-20,25,27,33H,6-11,14-18H2,1-5H3,(H,34,40)/t20-,25+,27-,32+/m1/s1. The van der Waals surface area contributed by atoms with E-state index in [0.717, 1.165) is 60.8 Å². The Hall–Kier alpha value is -3.23. The highest BCUT2D eigenvalue weighted by molar-refractivity contribution is 6.06. The summed E-state index contributed by atoms with van der Waals surface area (Å²) >= 11 is 0. The maximum Gasteiger partial charge on any atom is 0.245 e. The van der Waals surface area contributed by atoms with Gasteiger partial charge in [0, 0.05) is 55.4 Å². The molecule has 9 nitrogen and oxygen atoms in total. The van der Waals surface area contributed by atoms with Crippen LogP contribution in [-0.2, 0) is 27.3 Å². The van der Waals surface area contributed by atoms with E-state index in [-0.39, 0.29) is 47.3 Å². The smallest absolute Gasteiger partial charge is 0.245 e. The van der Waals surface area contributed by atoms with Crippen LogP contribution in [0, 0.1) is 17.3 Å². The van der Waals surface area contributed by atoms with Gasteiger partial charge in [-0.2, -0.15) is 5.10 Å². The number of benzene rings is 1. The molecule has 4 atom stereocenters. The van der Waals surface area contributed by atoms with Crippen molar-refractivity contribution >= 4 is 40.0 Å². The number of aryl methyl sites for hydroxylation is 1. The molecule has 1 aromatic carbocycles. The Morgan fingerprint density at radius 1 is 1.20 bits per heavy atom. The summed E-state index contributed by atoms with van der Waals surface area (Å²) in [6.07, 6.45) is 5.84. The fourth-order valence-corrected chi connectivity index (χ4v) is 6.93. The van der Waals surface area contributed by atoms with Crippen molar-refractivity contribution < 1.29 is 19.2 Å². The Labute approximate surface area is 242 Å². The van der Waals surface area contributed by atoms with Crippen molar-refractivity contribution in [2.24, 2.45) is 17.3 Å². The van der Waals surface area contributed by atoms with Crippen LogP contribution in [0.2, 0.25) is 0 Å². The molecule has 2 aromatic rings. The van der Waals surface area contributed by atoms with Crippen LogP contribution in [0.25, 0.3) is 10.9 Å². The molecule has 2 fully saturated rings. The molecule has 2 aliphatic heterocycles. The number of amides is 2. The lowest BCUT2D eigenvalue weighted by molar-refractivity contribution is -0.139. The van der Waals surface area contributed by atoms with E-state index in [1.807, 2.05) is 13.0 Å². The number of aromatic nitrogens is 2. The molecule has 9 heteroatoms. The number of carbonyl (C=O) groups excluding carboxylic acids is 4. The topological polar surface area (TPSA) is 113 Å². The predicted octanol–water partition coefficient (Wildman–Crippen LogP) is 4.51. The first-order valence-corrected chi connectivity index (χ1v) is 15.4. The Kier molecular flexibility index (Phi) is 8.26. The molecule has 41 heavy (non-hydrogen) atoms. The minimum atomic E-state index is -0.485. The van der Waals surface area contributed by atoms with Crippen molar-refractivity contribution in [3.8, 4) is 0 Å². The number of ketones is 2. The molecule has 2 amide bonds. The number of hydrogen-bond donors (Lipinski definition) is 2. The maximum atomic E-state index is 14.0. The number of carbonyl (C=O) groups is 4. The van der Waals surface area contributed by atoms with E-state index < -0.39 is 6.04 Å².